The van der Waals surface area contributed by atoms with Crippen LogP contribution < -0.4 is 28.4 Å². The maximum Gasteiger partial charge on any atom is 0.240 e. The van der Waals surface area contributed by atoms with E-state index in [1.807, 2.05) is 74.9 Å². The molecule has 4 aromatic heterocycles. The molecule has 2 N–H and O–H groups in total. The van der Waals surface area contributed by atoms with E-state index in [0.717, 1.165) is 50.0 Å². The molecule has 2 aromatic carbocycles. The van der Waals surface area contributed by atoms with E-state index in [2.05, 4.69) is 60.1 Å². The van der Waals surface area contributed by atoms with Crippen LogP contribution in [0.25, 0.3) is 43.9 Å². The number of Topliss-reactive ketones (excluding diaryl/α,β-unsaturated/α-hetero) is 2. The molecule has 27 nitrogen and oxygen atoms in total. The van der Waals surface area contributed by atoms with Crippen LogP contribution in [-0.2, 0) is 63.0 Å². The van der Waals surface area contributed by atoms with Crippen molar-refractivity contribution in [2.45, 2.75) is 210 Å². The summed E-state index contributed by atoms with van der Waals surface area (Å²) in [5, 5.41) is 6.43. The Hall–Kier alpha value is -7.30. The zero-order valence-corrected chi connectivity index (χ0v) is 74.4. The number of sulfonamides is 2. The highest BCUT2D eigenvalue weighted by molar-refractivity contribution is 7.91. The van der Waals surface area contributed by atoms with Crippen molar-refractivity contribution in [1.29, 1.82) is 0 Å². The van der Waals surface area contributed by atoms with Crippen LogP contribution in [-0.4, -0.2) is 231 Å². The fourth-order valence-electron chi connectivity index (χ4n) is 18.2. The maximum absolute atomic E-state index is 14.6. The van der Waals surface area contributed by atoms with E-state index < -0.39 is 95.5 Å². The molecule has 16 rings (SSSR count). The highest BCUT2D eigenvalue weighted by Gasteiger charge is 2.65. The lowest BCUT2D eigenvalue weighted by Crippen LogP contribution is -2.55. The first-order chi connectivity index (χ1) is 57.2. The van der Waals surface area contributed by atoms with Gasteiger partial charge in [0.05, 0.1) is 111 Å². The average molecular weight is 1770 g/mol. The molecule has 0 radical (unpaired) electrons. The molecule has 4 saturated carbocycles. The van der Waals surface area contributed by atoms with Crippen molar-refractivity contribution in [1.82, 2.24) is 49.0 Å². The topological polar surface area (TPSA) is 324 Å². The molecule has 6 aromatic rings. The molecule has 13 atom stereocenters. The molecular weight excluding hydrogens is 1660 g/mol. The number of halogens is 2. The number of aromatic nitrogens is 4. The number of methoxy groups -OCH3 is 1. The number of hydrogen-bond acceptors (Lipinski definition) is 25. The van der Waals surface area contributed by atoms with Gasteiger partial charge in [-0.1, -0.05) is 83.8 Å². The largest absolute Gasteiger partial charge is 0.491 e. The summed E-state index contributed by atoms with van der Waals surface area (Å²) in [4.78, 5) is 113. The third kappa shape index (κ3) is 18.2. The number of nitrogens with one attached hydrogen (secondary N) is 2. The lowest BCUT2D eigenvalue weighted by molar-refractivity contribution is -0.152. The van der Waals surface area contributed by atoms with Crippen molar-refractivity contribution >= 4 is 123 Å². The minimum atomic E-state index is -3.84. The summed E-state index contributed by atoms with van der Waals surface area (Å²) in [5.74, 6) is -1.43. The number of fused-ring (bicyclic) bond motifs is 4. The van der Waals surface area contributed by atoms with Crippen LogP contribution in [0.2, 0.25) is 10.0 Å². The number of rotatable bonds is 32. The number of allylic oxidation sites excluding steroid dienone is 2. The molecule has 0 spiro atoms. The molecule has 10 heterocycles. The molecule has 120 heavy (non-hydrogen) atoms. The summed E-state index contributed by atoms with van der Waals surface area (Å²) in [6.07, 6.45) is 6.51. The molecule has 6 saturated heterocycles. The maximum atomic E-state index is 14.6. The van der Waals surface area contributed by atoms with Gasteiger partial charge in [-0.25, -0.2) is 36.8 Å². The Balaban J connectivity index is 0.000000187. The summed E-state index contributed by atoms with van der Waals surface area (Å²) in [7, 11) is -6.11. The summed E-state index contributed by atoms with van der Waals surface area (Å²) >= 11 is 17.3. The second kappa shape index (κ2) is 35.4. The molecule has 33 heteroatoms. The van der Waals surface area contributed by atoms with Crippen LogP contribution in [0, 0.1) is 39.9 Å². The number of hydrogen-bond donors (Lipinski definition) is 2. The smallest absolute Gasteiger partial charge is 0.240 e. The number of ether oxygens (including phenoxy) is 7. The number of ketones is 2. The molecule has 4 aliphatic carbocycles. The minimum Gasteiger partial charge on any atom is -0.491 e. The lowest BCUT2D eigenvalue weighted by atomic mass is 9.74. The Labute approximate surface area is 720 Å². The van der Waals surface area contributed by atoms with Gasteiger partial charge >= 0.3 is 0 Å². The third-order valence-electron chi connectivity index (χ3n) is 26.0. The molecule has 0 unspecified atom stereocenters. The third-order valence-corrected chi connectivity index (χ3v) is 32.4. The van der Waals surface area contributed by atoms with Crippen molar-refractivity contribution in [2.24, 2.45) is 39.9 Å². The average Bonchev–Trinajstić information content (AvgIpc) is 1.56. The summed E-state index contributed by atoms with van der Waals surface area (Å²) in [6, 6.07) is 8.43. The zero-order chi connectivity index (χ0) is 85.2. The Morgan fingerprint density at radius 3 is 1.52 bits per heavy atom. The summed E-state index contributed by atoms with van der Waals surface area (Å²) in [6.45, 7) is 32.5. The molecular formula is C87H110Cl2N10O17S4. The molecule has 4 amide bonds. The van der Waals surface area contributed by atoms with E-state index in [1.54, 1.807) is 40.4 Å². The number of amides is 4. The second-order valence-electron chi connectivity index (χ2n) is 35.7. The molecule has 0 bridgehead atoms. The number of thiazole rings is 2. The van der Waals surface area contributed by atoms with Crippen LogP contribution in [0.5, 0.6) is 23.0 Å². The van der Waals surface area contributed by atoms with E-state index in [1.165, 1.54) is 11.3 Å². The van der Waals surface area contributed by atoms with Gasteiger partial charge < -0.3 is 43.0 Å². The van der Waals surface area contributed by atoms with Gasteiger partial charge in [-0.05, 0) is 119 Å². The zero-order valence-electron chi connectivity index (χ0n) is 69.6. The standard InChI is InChI=1S/C44H56ClN5O8S2.C43H54ClN5O9S2/c1-7-26-22-44(26,42(53)48-60(54,55)27-8-9-27)23-34(51)33-21-37(32-12-11-29(43(4,5)6)41(52)50(32)33)58-36-20-30(31-24-59-40(47-31)25(2)3)46-39-28(36)10-13-35(38(39)45)57-19-16-49-14-17-56-18-15-49;1-6-26-21-43(26,42(52)47-60(53,54)27-7-8-27)22-34(50)33-20-37(32-11-9-28(25(4)55-5)41(51)49(32)33)58-36-19-30(40-46-31(23-59-40)24(2)3)45-39-29(36)10-12-35(38(39)44)57-18-15-48-13-16-56-17-14-48/h7,10,13,20,24-27,29,32-33,37H,1,8-9,11-12,14-19,21-23H2,2-6H3,(H,48,53);6,10,12,19,23-28,32-33,37H,1,7-9,11,13-18,20-22H2,2-5H3,(H,47,52)/t26-,29+,32-,33+,37-,44-;25-,26-,28-,32-,33+,37-,43-/m11/s1. The van der Waals surface area contributed by atoms with Crippen LogP contribution in [0.15, 0.2) is 72.5 Å². The molecule has 10 fully saturated rings. The van der Waals surface area contributed by atoms with Gasteiger partial charge in [0.2, 0.25) is 43.7 Å². The number of pyridine rings is 2. The number of carbonyl (C=O) groups excluding carboxylic acids is 6. The van der Waals surface area contributed by atoms with Gasteiger partial charge in [-0.2, -0.15) is 0 Å². The van der Waals surface area contributed by atoms with Gasteiger partial charge in [0, 0.05) is 118 Å². The molecule has 10 aliphatic rings. The quantitative estimate of drug-likeness (QED) is 0.0371. The normalized spacial score (nSPS) is 27.3. The van der Waals surface area contributed by atoms with Crippen molar-refractivity contribution in [3.05, 3.63) is 93.2 Å². The fraction of sp³-hybridized carbons (Fsp3) is 0.609. The summed E-state index contributed by atoms with van der Waals surface area (Å²) in [5.41, 5.74) is 0.862. The number of piperidine rings is 2. The highest BCUT2D eigenvalue weighted by atomic mass is 35.5. The van der Waals surface area contributed by atoms with Gasteiger partial charge in [-0.3, -0.25) is 48.0 Å². The van der Waals surface area contributed by atoms with Crippen molar-refractivity contribution in [3.63, 3.8) is 0 Å². The number of benzene rings is 2. The van der Waals surface area contributed by atoms with Crippen molar-refractivity contribution in [3.8, 4) is 45.1 Å². The van der Waals surface area contributed by atoms with Crippen molar-refractivity contribution in [2.75, 3.05) is 86.0 Å². The highest BCUT2D eigenvalue weighted by Crippen LogP contribution is 2.59. The first kappa shape index (κ1) is 87.6. The van der Waals surface area contributed by atoms with E-state index in [9.17, 15) is 45.6 Å². The van der Waals surface area contributed by atoms with Gasteiger partial charge in [0.1, 0.15) is 74.9 Å². The predicted octanol–water partition coefficient (Wildman–Crippen LogP) is 12.5. The van der Waals surface area contributed by atoms with E-state index >= 15 is 0 Å². The van der Waals surface area contributed by atoms with Gasteiger partial charge in [0.15, 0.2) is 11.6 Å². The van der Waals surface area contributed by atoms with Gasteiger partial charge in [0.25, 0.3) is 0 Å². The Bertz CT molecular complexity index is 5180. The van der Waals surface area contributed by atoms with Crippen molar-refractivity contribution < 1.29 is 78.8 Å². The predicted molar refractivity (Wildman–Crippen MR) is 459 cm³/mol. The Morgan fingerprint density at radius 2 is 1.08 bits per heavy atom. The first-order valence-electron chi connectivity index (χ1n) is 42.2. The van der Waals surface area contributed by atoms with E-state index in [-0.39, 0.29) is 90.2 Å². The Kier molecular flexibility index (Phi) is 25.8. The fourth-order valence-corrected chi connectivity index (χ4v) is 23.3. The number of morpholine rings is 2. The SMILES string of the molecule is C=C[C@@H]1C[C@]1(CC(=O)[C@@H]1C[C@@H](Oc2cc(-c3csc(C(C)C)n3)nc3c(Cl)c(OCCN4CCOCC4)ccc23)[C@H]2CC[C@H](C(C)(C)C)C(=O)N21)C(=O)NS(=O)(=O)C1CC1.C=C[C@@H]1C[C@]1(CC(=O)[C@@H]1C[C@@H](Oc2cc(-c3nc(C(C)C)cs3)nc3c(Cl)c(OCCN4CCOCC4)ccc23)[C@H]2CC[C@H]([C@@H](C)OC)C(=O)N21)C(=O)NS(=O)(=O)C1CC1. The van der Waals surface area contributed by atoms with Crippen LogP contribution >= 0.6 is 45.9 Å². The van der Waals surface area contributed by atoms with E-state index in [4.69, 9.17) is 76.3 Å². The first-order valence-corrected chi connectivity index (χ1v) is 47.8. The summed E-state index contributed by atoms with van der Waals surface area (Å²) < 4.78 is 98.9. The van der Waals surface area contributed by atoms with Crippen LogP contribution in [0.3, 0.4) is 0 Å². The molecule has 6 aliphatic heterocycles. The monoisotopic (exact) mass is 1760 g/mol. The van der Waals surface area contributed by atoms with Gasteiger partial charge in [-0.15, -0.1) is 35.8 Å². The van der Waals surface area contributed by atoms with Crippen LogP contribution in [0.1, 0.15) is 168 Å². The second-order valence-corrected chi connectivity index (χ2v) is 42.2. The number of carbonyl (C=O) groups is 6. The van der Waals surface area contributed by atoms with Crippen LogP contribution in [0.4, 0.5) is 0 Å². The lowest BCUT2D eigenvalue weighted by Gasteiger charge is -2.43. The van der Waals surface area contributed by atoms with E-state index in [0.29, 0.717) is 181 Å². The minimum absolute atomic E-state index is 0.111. The number of nitrogens with zero attached hydrogens (tertiary/aromatic N) is 8. The molecule has 648 valence electrons. The Morgan fingerprint density at radius 1 is 0.608 bits per heavy atom.